The minimum Gasteiger partial charge on any atom is -0.426 e. The molecular weight excluding hydrogens is 381 g/mol. The number of nitrogens with zero attached hydrogens (tertiary/aromatic N) is 2. The monoisotopic (exact) mass is 403 g/mol. The van der Waals surface area contributed by atoms with Gasteiger partial charge in [-0.1, -0.05) is 29.8 Å². The van der Waals surface area contributed by atoms with E-state index < -0.39 is 21.9 Å². The molecular formula is C20H22FN3O3S. The summed E-state index contributed by atoms with van der Waals surface area (Å²) in [6.45, 7) is 6.10. The Hall–Kier alpha value is -2.71. The largest absolute Gasteiger partial charge is 0.426 e. The summed E-state index contributed by atoms with van der Waals surface area (Å²) in [7, 11) is -4.02. The van der Waals surface area contributed by atoms with Crippen molar-refractivity contribution in [1.29, 1.82) is 0 Å². The van der Waals surface area contributed by atoms with Gasteiger partial charge in [0.2, 0.25) is 10.0 Å². The van der Waals surface area contributed by atoms with E-state index in [0.717, 1.165) is 11.6 Å². The second-order valence-corrected chi connectivity index (χ2v) is 8.08. The summed E-state index contributed by atoms with van der Waals surface area (Å²) < 4.78 is 49.1. The number of imidazole rings is 1. The number of rotatable bonds is 7. The van der Waals surface area contributed by atoms with Gasteiger partial charge in [0.05, 0.1) is 17.9 Å². The van der Waals surface area contributed by atoms with Gasteiger partial charge in [-0.25, -0.2) is 22.5 Å². The van der Waals surface area contributed by atoms with Gasteiger partial charge in [0.1, 0.15) is 16.5 Å². The molecule has 1 heterocycles. The molecule has 0 aliphatic heterocycles. The molecule has 1 aromatic heterocycles. The van der Waals surface area contributed by atoms with Crippen LogP contribution in [0.3, 0.4) is 0 Å². The lowest BCUT2D eigenvalue weighted by Crippen LogP contribution is -2.29. The van der Waals surface area contributed by atoms with E-state index >= 15 is 0 Å². The summed E-state index contributed by atoms with van der Waals surface area (Å²) in [5.74, 6) is -0.161. The lowest BCUT2D eigenvalue weighted by molar-refractivity contribution is 0.408. The van der Waals surface area contributed by atoms with Gasteiger partial charge in [0, 0.05) is 6.54 Å². The average molecular weight is 403 g/mol. The van der Waals surface area contributed by atoms with Crippen molar-refractivity contribution in [3.8, 4) is 11.8 Å². The zero-order valence-electron chi connectivity index (χ0n) is 15.9. The molecule has 1 N–H and O–H groups in total. The number of nitrogens with one attached hydrogen (secondary N) is 1. The minimum atomic E-state index is -4.02. The Kier molecular flexibility index (Phi) is 5.81. The van der Waals surface area contributed by atoms with E-state index in [-0.39, 0.29) is 4.90 Å². The van der Waals surface area contributed by atoms with Crippen LogP contribution in [-0.4, -0.2) is 18.0 Å². The Morgan fingerprint density at radius 2 is 1.86 bits per heavy atom. The van der Waals surface area contributed by atoms with Crippen molar-refractivity contribution in [3.63, 3.8) is 0 Å². The molecule has 3 aromatic rings. The highest BCUT2D eigenvalue weighted by molar-refractivity contribution is 7.89. The van der Waals surface area contributed by atoms with E-state index in [4.69, 9.17) is 4.74 Å². The Morgan fingerprint density at radius 1 is 1.18 bits per heavy atom. The van der Waals surface area contributed by atoms with Crippen LogP contribution >= 0.6 is 0 Å². The molecule has 2 aromatic carbocycles. The lowest BCUT2D eigenvalue weighted by atomic mass is 10.2. The standard InChI is InChI=1S/C20H22FN3O3S/c1-4-24-18(13-22-20(24)27-16-11-9-14(2)10-12-16)15(3)23-28(25,26)19-8-6-5-7-17(19)21/h5-13,15,23H,4H2,1-3H3. The number of aryl methyl sites for hydroxylation is 1. The molecule has 0 saturated heterocycles. The molecule has 28 heavy (non-hydrogen) atoms. The Labute approximate surface area is 164 Å². The first-order chi connectivity index (χ1) is 13.3. The number of aromatic nitrogens is 2. The molecule has 1 atom stereocenters. The SMILES string of the molecule is CCn1c(C(C)NS(=O)(=O)c2ccccc2F)cnc1Oc1ccc(C)cc1. The third-order valence-electron chi connectivity index (χ3n) is 4.30. The summed E-state index contributed by atoms with van der Waals surface area (Å²) in [4.78, 5) is 3.89. The van der Waals surface area contributed by atoms with Gasteiger partial charge >= 0.3 is 6.01 Å². The van der Waals surface area contributed by atoms with E-state index in [1.54, 1.807) is 17.7 Å². The number of hydrogen-bond acceptors (Lipinski definition) is 4. The number of sulfonamides is 1. The molecule has 0 spiro atoms. The normalized spacial score (nSPS) is 12.7. The number of hydrogen-bond donors (Lipinski definition) is 1. The maximum Gasteiger partial charge on any atom is 0.302 e. The van der Waals surface area contributed by atoms with Crippen LogP contribution in [0.2, 0.25) is 0 Å². The molecule has 0 aliphatic rings. The van der Waals surface area contributed by atoms with Crippen molar-refractivity contribution < 1.29 is 17.5 Å². The molecule has 0 saturated carbocycles. The Bertz CT molecular complexity index is 1060. The Morgan fingerprint density at radius 3 is 2.50 bits per heavy atom. The van der Waals surface area contributed by atoms with E-state index in [0.29, 0.717) is 24.0 Å². The summed E-state index contributed by atoms with van der Waals surface area (Å²) in [5, 5.41) is 0. The number of benzene rings is 2. The first-order valence-corrected chi connectivity index (χ1v) is 10.4. The predicted octanol–water partition coefficient (Wildman–Crippen LogP) is 4.18. The molecule has 148 valence electrons. The van der Waals surface area contributed by atoms with Crippen molar-refractivity contribution in [2.75, 3.05) is 0 Å². The molecule has 0 amide bonds. The predicted molar refractivity (Wildman–Crippen MR) is 104 cm³/mol. The van der Waals surface area contributed by atoms with Crippen LogP contribution in [0.4, 0.5) is 4.39 Å². The van der Waals surface area contributed by atoms with Gasteiger partial charge < -0.3 is 4.74 Å². The smallest absolute Gasteiger partial charge is 0.302 e. The van der Waals surface area contributed by atoms with E-state index in [1.807, 2.05) is 38.1 Å². The van der Waals surface area contributed by atoms with E-state index in [9.17, 15) is 12.8 Å². The fraction of sp³-hybridized carbons (Fsp3) is 0.250. The van der Waals surface area contributed by atoms with Crippen LogP contribution in [0.15, 0.2) is 59.6 Å². The molecule has 0 bridgehead atoms. The summed E-state index contributed by atoms with van der Waals surface area (Å²) in [6, 6.07) is 12.5. The van der Waals surface area contributed by atoms with Gasteiger partial charge in [-0.3, -0.25) is 4.57 Å². The van der Waals surface area contributed by atoms with Gasteiger partial charge in [-0.05, 0) is 45.0 Å². The highest BCUT2D eigenvalue weighted by Gasteiger charge is 2.24. The minimum absolute atomic E-state index is 0.360. The molecule has 0 radical (unpaired) electrons. The van der Waals surface area contributed by atoms with Crippen molar-refractivity contribution in [2.45, 2.75) is 38.3 Å². The van der Waals surface area contributed by atoms with Gasteiger partial charge in [-0.15, -0.1) is 0 Å². The van der Waals surface area contributed by atoms with E-state index in [1.165, 1.54) is 18.2 Å². The summed E-state index contributed by atoms with van der Waals surface area (Å²) >= 11 is 0. The van der Waals surface area contributed by atoms with Crippen LogP contribution in [0, 0.1) is 12.7 Å². The second-order valence-electron chi connectivity index (χ2n) is 6.40. The second kappa shape index (κ2) is 8.12. The van der Waals surface area contributed by atoms with Crippen LogP contribution in [-0.2, 0) is 16.6 Å². The van der Waals surface area contributed by atoms with E-state index in [2.05, 4.69) is 9.71 Å². The summed E-state index contributed by atoms with van der Waals surface area (Å²) in [5.41, 5.74) is 1.73. The third-order valence-corrected chi connectivity index (χ3v) is 5.87. The zero-order chi connectivity index (χ0) is 20.3. The lowest BCUT2D eigenvalue weighted by Gasteiger charge is -2.17. The van der Waals surface area contributed by atoms with Crippen molar-refractivity contribution in [1.82, 2.24) is 14.3 Å². The molecule has 6 nitrogen and oxygen atoms in total. The maximum absolute atomic E-state index is 13.9. The van der Waals surface area contributed by atoms with Crippen molar-refractivity contribution >= 4 is 10.0 Å². The molecule has 8 heteroatoms. The highest BCUT2D eigenvalue weighted by atomic mass is 32.2. The first-order valence-electron chi connectivity index (χ1n) is 8.88. The molecule has 1 unspecified atom stereocenters. The maximum atomic E-state index is 13.9. The first kappa shape index (κ1) is 20.0. The third kappa shape index (κ3) is 4.23. The molecule has 3 rings (SSSR count). The van der Waals surface area contributed by atoms with Crippen LogP contribution in [0.25, 0.3) is 0 Å². The average Bonchev–Trinajstić information content (AvgIpc) is 3.06. The van der Waals surface area contributed by atoms with Crippen LogP contribution < -0.4 is 9.46 Å². The van der Waals surface area contributed by atoms with Gasteiger partial charge in [-0.2, -0.15) is 0 Å². The van der Waals surface area contributed by atoms with Crippen LogP contribution in [0.1, 0.15) is 31.1 Å². The van der Waals surface area contributed by atoms with Gasteiger partial charge in [0.15, 0.2) is 0 Å². The quantitative estimate of drug-likeness (QED) is 0.642. The zero-order valence-corrected chi connectivity index (χ0v) is 16.7. The number of ether oxygens (including phenoxy) is 1. The van der Waals surface area contributed by atoms with Crippen molar-refractivity contribution in [3.05, 3.63) is 71.8 Å². The fourth-order valence-corrected chi connectivity index (χ4v) is 4.14. The Balaban J connectivity index is 1.84. The number of halogens is 1. The van der Waals surface area contributed by atoms with Gasteiger partial charge in [0.25, 0.3) is 0 Å². The summed E-state index contributed by atoms with van der Waals surface area (Å²) in [6.07, 6.45) is 1.56. The molecule has 0 aliphatic carbocycles. The topological polar surface area (TPSA) is 73.2 Å². The fourth-order valence-electron chi connectivity index (χ4n) is 2.85. The van der Waals surface area contributed by atoms with Crippen molar-refractivity contribution in [2.24, 2.45) is 0 Å². The highest BCUT2D eigenvalue weighted by Crippen LogP contribution is 2.26. The molecule has 0 fully saturated rings. The van der Waals surface area contributed by atoms with Crippen LogP contribution in [0.5, 0.6) is 11.8 Å².